The molecule has 0 spiro atoms. The van der Waals surface area contributed by atoms with Crippen molar-refractivity contribution in [3.05, 3.63) is 11.8 Å². The van der Waals surface area contributed by atoms with Gasteiger partial charge in [-0.3, -0.25) is 14.5 Å². The second-order valence-corrected chi connectivity index (χ2v) is 11.6. The van der Waals surface area contributed by atoms with Crippen molar-refractivity contribution < 1.29 is 23.9 Å². The minimum atomic E-state index is -0.603. The standard InChI is InChI=1S/C25H37NO5/c1-23(2,3)31-22(29)26-14-16-17-7-8-19(21(28)30-6)24(17,4)12-10-18(16)25(5)11-9-15(27)13-20(25)26/h13,16-19H,7-12,14H2,1-6H3/t16-,17-,18-,19?,24-,25+/m0/s1. The van der Waals surface area contributed by atoms with E-state index in [1.54, 1.807) is 11.0 Å². The highest BCUT2D eigenvalue weighted by Gasteiger charge is 2.62. The molecule has 3 fully saturated rings. The third-order valence-electron chi connectivity index (χ3n) is 8.81. The number of methoxy groups -OCH3 is 1. The van der Waals surface area contributed by atoms with Crippen LogP contribution in [0, 0.1) is 34.5 Å². The zero-order chi connectivity index (χ0) is 22.8. The third-order valence-corrected chi connectivity index (χ3v) is 8.81. The van der Waals surface area contributed by atoms with E-state index in [1.807, 2.05) is 20.8 Å². The molecule has 3 aliphatic carbocycles. The summed E-state index contributed by atoms with van der Waals surface area (Å²) < 4.78 is 10.9. The topological polar surface area (TPSA) is 72.9 Å². The lowest BCUT2D eigenvalue weighted by Crippen LogP contribution is -2.59. The average molecular weight is 432 g/mol. The van der Waals surface area contributed by atoms with Gasteiger partial charge in [0, 0.05) is 30.2 Å². The molecule has 1 heterocycles. The van der Waals surface area contributed by atoms with Crippen molar-refractivity contribution in [2.24, 2.45) is 34.5 Å². The van der Waals surface area contributed by atoms with Gasteiger partial charge in [0.05, 0.1) is 13.0 Å². The van der Waals surface area contributed by atoms with Crippen LogP contribution in [0.5, 0.6) is 0 Å². The summed E-state index contributed by atoms with van der Waals surface area (Å²) >= 11 is 0. The number of amides is 1. The molecule has 6 atom stereocenters. The Hall–Kier alpha value is -1.85. The summed E-state index contributed by atoms with van der Waals surface area (Å²) in [6.45, 7) is 10.6. The van der Waals surface area contributed by atoms with Crippen molar-refractivity contribution in [1.29, 1.82) is 0 Å². The first-order chi connectivity index (χ1) is 14.4. The lowest BCUT2D eigenvalue weighted by molar-refractivity contribution is -0.153. The molecule has 31 heavy (non-hydrogen) atoms. The summed E-state index contributed by atoms with van der Waals surface area (Å²) in [7, 11) is 1.48. The van der Waals surface area contributed by atoms with Gasteiger partial charge in [0.25, 0.3) is 0 Å². The fourth-order valence-electron chi connectivity index (χ4n) is 7.32. The van der Waals surface area contributed by atoms with Crippen LogP contribution in [-0.2, 0) is 19.1 Å². The SMILES string of the molecule is COC(=O)C1CC[C@H]2[C@@H]3CN(C(=O)OC(C)(C)C)C4=CC(=O)CC[C@]4(C)[C@H]3CC[C@]12C. The number of esters is 1. The largest absolute Gasteiger partial charge is 0.469 e. The Morgan fingerprint density at radius 2 is 1.81 bits per heavy atom. The lowest BCUT2D eigenvalue weighted by Gasteiger charge is -2.59. The number of ketones is 1. The van der Waals surface area contributed by atoms with Crippen LogP contribution in [0.1, 0.15) is 73.1 Å². The van der Waals surface area contributed by atoms with E-state index in [0.717, 1.165) is 37.8 Å². The zero-order valence-corrected chi connectivity index (χ0v) is 19.8. The second-order valence-electron chi connectivity index (χ2n) is 11.6. The molecule has 172 valence electrons. The van der Waals surface area contributed by atoms with Crippen LogP contribution in [0.2, 0.25) is 0 Å². The number of ether oxygens (including phenoxy) is 2. The maximum atomic E-state index is 13.3. The summed E-state index contributed by atoms with van der Waals surface area (Å²) in [5, 5.41) is 0. The number of hydrogen-bond donors (Lipinski definition) is 0. The van der Waals surface area contributed by atoms with Gasteiger partial charge in [0.2, 0.25) is 0 Å². The van der Waals surface area contributed by atoms with E-state index in [-0.39, 0.29) is 40.5 Å². The van der Waals surface area contributed by atoms with Crippen molar-refractivity contribution in [1.82, 2.24) is 4.90 Å². The van der Waals surface area contributed by atoms with Crippen LogP contribution in [0.25, 0.3) is 0 Å². The molecule has 2 saturated carbocycles. The van der Waals surface area contributed by atoms with Gasteiger partial charge in [0.15, 0.2) is 5.78 Å². The minimum Gasteiger partial charge on any atom is -0.469 e. The van der Waals surface area contributed by atoms with Gasteiger partial charge in [-0.1, -0.05) is 13.8 Å². The van der Waals surface area contributed by atoms with Crippen molar-refractivity contribution in [2.75, 3.05) is 13.7 Å². The number of fused-ring (bicyclic) bond motifs is 5. The third kappa shape index (κ3) is 3.50. The molecule has 0 aromatic heterocycles. The first-order valence-corrected chi connectivity index (χ1v) is 11.7. The van der Waals surface area contributed by atoms with Crippen LogP contribution < -0.4 is 0 Å². The number of carbonyl (C=O) groups is 3. The predicted molar refractivity (Wildman–Crippen MR) is 116 cm³/mol. The quantitative estimate of drug-likeness (QED) is 0.562. The fraction of sp³-hybridized carbons (Fsp3) is 0.800. The van der Waals surface area contributed by atoms with Gasteiger partial charge >= 0.3 is 12.1 Å². The zero-order valence-electron chi connectivity index (χ0n) is 19.8. The van der Waals surface area contributed by atoms with Crippen LogP contribution in [0.15, 0.2) is 11.8 Å². The number of hydrogen-bond acceptors (Lipinski definition) is 5. The number of rotatable bonds is 1. The van der Waals surface area contributed by atoms with Crippen molar-refractivity contribution in [2.45, 2.75) is 78.7 Å². The Kier molecular flexibility index (Phi) is 5.30. The van der Waals surface area contributed by atoms with Gasteiger partial charge in [-0.05, 0) is 76.0 Å². The van der Waals surface area contributed by atoms with E-state index in [1.165, 1.54) is 7.11 Å². The molecule has 4 aliphatic rings. The Morgan fingerprint density at radius 3 is 2.45 bits per heavy atom. The van der Waals surface area contributed by atoms with E-state index in [0.29, 0.717) is 24.8 Å². The van der Waals surface area contributed by atoms with Crippen molar-refractivity contribution >= 4 is 17.8 Å². The normalized spacial score (nSPS) is 39.7. The maximum absolute atomic E-state index is 13.3. The van der Waals surface area contributed by atoms with Crippen molar-refractivity contribution in [3.63, 3.8) is 0 Å². The first-order valence-electron chi connectivity index (χ1n) is 11.7. The lowest BCUT2D eigenvalue weighted by atomic mass is 9.49. The molecular formula is C25H37NO5. The molecule has 6 nitrogen and oxygen atoms in total. The average Bonchev–Trinajstić information content (AvgIpc) is 3.03. The first kappa shape index (κ1) is 22.3. The number of carbonyl (C=O) groups excluding carboxylic acids is 3. The van der Waals surface area contributed by atoms with Gasteiger partial charge in [-0.25, -0.2) is 4.79 Å². The molecule has 0 bridgehead atoms. The molecule has 4 rings (SSSR count). The number of likely N-dealkylation sites (tertiary alicyclic amines) is 1. The van der Waals surface area contributed by atoms with Crippen LogP contribution >= 0.6 is 0 Å². The number of nitrogens with zero attached hydrogens (tertiary/aromatic N) is 1. The molecule has 0 radical (unpaired) electrons. The Bertz CT molecular complexity index is 826. The molecule has 0 aromatic rings. The molecule has 0 aromatic carbocycles. The molecule has 1 amide bonds. The molecule has 1 unspecified atom stereocenters. The summed E-state index contributed by atoms with van der Waals surface area (Å²) in [4.78, 5) is 39.9. The van der Waals surface area contributed by atoms with Gasteiger partial charge in [-0.2, -0.15) is 0 Å². The second kappa shape index (κ2) is 7.35. The maximum Gasteiger partial charge on any atom is 0.414 e. The van der Waals surface area contributed by atoms with E-state index in [4.69, 9.17) is 9.47 Å². The highest BCUT2D eigenvalue weighted by molar-refractivity contribution is 5.92. The summed E-state index contributed by atoms with van der Waals surface area (Å²) in [5.74, 6) is 0.966. The monoisotopic (exact) mass is 431 g/mol. The Morgan fingerprint density at radius 1 is 1.10 bits per heavy atom. The molecule has 6 heteroatoms. The van der Waals surface area contributed by atoms with Gasteiger partial charge in [0.1, 0.15) is 5.60 Å². The molecule has 0 N–H and O–H groups in total. The highest BCUT2D eigenvalue weighted by Crippen LogP contribution is 2.65. The predicted octanol–water partition coefficient (Wildman–Crippen LogP) is 4.72. The number of piperidine rings is 1. The van der Waals surface area contributed by atoms with E-state index >= 15 is 0 Å². The Labute approximate surface area is 185 Å². The van der Waals surface area contributed by atoms with E-state index in [2.05, 4.69) is 13.8 Å². The highest BCUT2D eigenvalue weighted by atomic mass is 16.6. The van der Waals surface area contributed by atoms with Gasteiger partial charge < -0.3 is 9.47 Å². The summed E-state index contributed by atoms with van der Waals surface area (Å²) in [6.07, 6.45) is 6.45. The van der Waals surface area contributed by atoms with Crippen LogP contribution in [0.4, 0.5) is 4.79 Å². The van der Waals surface area contributed by atoms with E-state index < -0.39 is 5.60 Å². The fourth-order valence-corrected chi connectivity index (χ4v) is 7.32. The number of allylic oxidation sites excluding steroid dienone is 2. The van der Waals surface area contributed by atoms with Crippen LogP contribution in [-0.4, -0.2) is 42.0 Å². The smallest absolute Gasteiger partial charge is 0.414 e. The minimum absolute atomic E-state index is 0.0731. The summed E-state index contributed by atoms with van der Waals surface area (Å²) in [5.41, 5.74) is -0.0899. The molecular weight excluding hydrogens is 394 g/mol. The summed E-state index contributed by atoms with van der Waals surface area (Å²) in [6, 6.07) is 0. The molecule has 1 aliphatic heterocycles. The van der Waals surface area contributed by atoms with Gasteiger partial charge in [-0.15, -0.1) is 0 Å². The van der Waals surface area contributed by atoms with E-state index in [9.17, 15) is 14.4 Å². The Balaban J connectivity index is 1.72. The van der Waals surface area contributed by atoms with Crippen molar-refractivity contribution in [3.8, 4) is 0 Å². The van der Waals surface area contributed by atoms with Crippen LogP contribution in [0.3, 0.4) is 0 Å². The molecule has 1 saturated heterocycles.